The Labute approximate surface area is 138 Å². The molecule has 8 heteroatoms. The quantitative estimate of drug-likeness (QED) is 0.396. The highest BCUT2D eigenvalue weighted by Crippen LogP contribution is 2.25. The first kappa shape index (κ1) is 15.4. The predicted molar refractivity (Wildman–Crippen MR) is 87.6 cm³/mol. The minimum atomic E-state index is -0.471. The maximum absolute atomic E-state index is 11.8. The first-order chi connectivity index (χ1) is 10.9. The summed E-state index contributed by atoms with van der Waals surface area (Å²) in [6.45, 7) is 3.49. The topological polar surface area (TPSA) is 91.2 Å². The van der Waals surface area contributed by atoms with Crippen molar-refractivity contribution in [3.63, 3.8) is 0 Å². The number of hydrogen-bond acceptors (Lipinski definition) is 5. The Bertz CT molecular complexity index is 990. The van der Waals surface area contributed by atoms with Crippen molar-refractivity contribution in [2.24, 2.45) is 0 Å². The van der Waals surface area contributed by atoms with Gasteiger partial charge in [-0.3, -0.25) is 14.8 Å². The molecule has 3 rings (SSSR count). The van der Waals surface area contributed by atoms with Crippen LogP contribution in [0.5, 0.6) is 0 Å². The lowest BCUT2D eigenvalue weighted by molar-refractivity contribution is -0.386. The van der Waals surface area contributed by atoms with Gasteiger partial charge in [0.15, 0.2) is 0 Å². The molecule has 1 aromatic carbocycles. The second kappa shape index (κ2) is 5.62. The van der Waals surface area contributed by atoms with Crippen molar-refractivity contribution in [1.82, 2.24) is 9.78 Å². The van der Waals surface area contributed by atoms with Crippen LogP contribution in [0.4, 0.5) is 5.69 Å². The Kier molecular flexibility index (Phi) is 3.77. The van der Waals surface area contributed by atoms with E-state index in [2.05, 4.69) is 21.0 Å². The first-order valence-electron chi connectivity index (χ1n) is 6.77. The van der Waals surface area contributed by atoms with E-state index in [9.17, 15) is 14.9 Å². The molecule has 0 aliphatic heterocycles. The number of aromatic nitrogens is 2. The largest absolute Gasteiger partial charge is 0.423 e. The molecule has 0 aliphatic carbocycles. The average Bonchev–Trinajstić information content (AvgIpc) is 2.72. The highest BCUT2D eigenvalue weighted by Gasteiger charge is 2.22. The van der Waals surface area contributed by atoms with Gasteiger partial charge in [0.05, 0.1) is 11.5 Å². The van der Waals surface area contributed by atoms with E-state index < -0.39 is 10.5 Å². The molecule has 0 spiro atoms. The van der Waals surface area contributed by atoms with Crippen LogP contribution in [0.15, 0.2) is 37.9 Å². The fourth-order valence-electron chi connectivity index (χ4n) is 2.60. The summed E-state index contributed by atoms with van der Waals surface area (Å²) < 4.78 is 7.52. The summed E-state index contributed by atoms with van der Waals surface area (Å²) in [5, 5.41) is 16.1. The highest BCUT2D eigenvalue weighted by molar-refractivity contribution is 9.10. The molecule has 23 heavy (non-hydrogen) atoms. The summed E-state index contributed by atoms with van der Waals surface area (Å²) in [4.78, 5) is 22.4. The van der Waals surface area contributed by atoms with Crippen LogP contribution in [0.25, 0.3) is 11.0 Å². The van der Waals surface area contributed by atoms with Crippen LogP contribution in [0.3, 0.4) is 0 Å². The Morgan fingerprint density at radius 3 is 2.74 bits per heavy atom. The Balaban J connectivity index is 2.14. The molecule has 0 fully saturated rings. The lowest BCUT2D eigenvalue weighted by Gasteiger charge is -2.07. The standard InChI is InChI=1S/C15H12BrN3O4/c1-8-15(19(21)22)9(2)18(17-8)7-10-5-14(20)23-13-6-11(16)3-4-12(10)13/h3-6H,7H2,1-2H3. The summed E-state index contributed by atoms with van der Waals surface area (Å²) in [5.74, 6) is 0. The SMILES string of the molecule is Cc1nn(Cc2cc(=O)oc3cc(Br)ccc23)c(C)c1[N+](=O)[O-]. The van der Waals surface area contributed by atoms with E-state index >= 15 is 0 Å². The van der Waals surface area contributed by atoms with Crippen LogP contribution in [-0.2, 0) is 6.54 Å². The average molecular weight is 378 g/mol. The zero-order valence-corrected chi connectivity index (χ0v) is 14.0. The molecule has 0 N–H and O–H groups in total. The van der Waals surface area contributed by atoms with Gasteiger partial charge in [0.1, 0.15) is 17.0 Å². The number of aryl methyl sites for hydroxylation is 1. The van der Waals surface area contributed by atoms with Crippen molar-refractivity contribution in [3.05, 3.63) is 66.2 Å². The molecule has 0 aliphatic rings. The summed E-state index contributed by atoms with van der Waals surface area (Å²) in [6.07, 6.45) is 0. The molecule has 0 amide bonds. The number of benzene rings is 1. The molecule has 0 radical (unpaired) electrons. The Morgan fingerprint density at radius 1 is 1.35 bits per heavy atom. The van der Waals surface area contributed by atoms with Crippen LogP contribution in [0.1, 0.15) is 17.0 Å². The van der Waals surface area contributed by atoms with Crippen LogP contribution in [-0.4, -0.2) is 14.7 Å². The van der Waals surface area contributed by atoms with E-state index in [4.69, 9.17) is 4.42 Å². The molecular weight excluding hydrogens is 366 g/mol. The summed E-state index contributed by atoms with van der Waals surface area (Å²) in [5.41, 5.74) is 1.48. The molecule has 0 bridgehead atoms. The van der Waals surface area contributed by atoms with Crippen molar-refractivity contribution < 1.29 is 9.34 Å². The van der Waals surface area contributed by atoms with Crippen LogP contribution >= 0.6 is 15.9 Å². The molecule has 0 atom stereocenters. The van der Waals surface area contributed by atoms with Gasteiger partial charge in [0.25, 0.3) is 0 Å². The molecular formula is C15H12BrN3O4. The third kappa shape index (κ3) is 2.77. The van der Waals surface area contributed by atoms with Gasteiger partial charge in [-0.2, -0.15) is 5.10 Å². The lowest BCUT2D eigenvalue weighted by Crippen LogP contribution is -2.08. The van der Waals surface area contributed by atoms with E-state index in [-0.39, 0.29) is 12.2 Å². The van der Waals surface area contributed by atoms with Crippen LogP contribution in [0, 0.1) is 24.0 Å². The van der Waals surface area contributed by atoms with Gasteiger partial charge >= 0.3 is 11.3 Å². The summed E-state index contributed by atoms with van der Waals surface area (Å²) >= 11 is 3.33. The third-order valence-electron chi connectivity index (χ3n) is 3.64. The van der Waals surface area contributed by atoms with Crippen LogP contribution < -0.4 is 5.63 Å². The lowest BCUT2D eigenvalue weighted by atomic mass is 10.1. The van der Waals surface area contributed by atoms with Crippen molar-refractivity contribution in [1.29, 1.82) is 0 Å². The van der Waals surface area contributed by atoms with Gasteiger partial charge in [0, 0.05) is 15.9 Å². The van der Waals surface area contributed by atoms with E-state index in [1.54, 1.807) is 19.9 Å². The minimum Gasteiger partial charge on any atom is -0.423 e. The second-order valence-electron chi connectivity index (χ2n) is 5.17. The maximum Gasteiger partial charge on any atom is 0.336 e. The van der Waals surface area contributed by atoms with Gasteiger partial charge in [-0.05, 0) is 37.6 Å². The smallest absolute Gasteiger partial charge is 0.336 e. The van der Waals surface area contributed by atoms with E-state index in [1.165, 1.54) is 10.7 Å². The van der Waals surface area contributed by atoms with E-state index in [0.29, 0.717) is 22.5 Å². The zero-order chi connectivity index (χ0) is 16.7. The molecule has 118 valence electrons. The third-order valence-corrected chi connectivity index (χ3v) is 4.13. The number of nitro groups is 1. The summed E-state index contributed by atoms with van der Waals surface area (Å²) in [6, 6.07) is 6.77. The molecule has 2 aromatic heterocycles. The Morgan fingerprint density at radius 2 is 2.09 bits per heavy atom. The number of fused-ring (bicyclic) bond motifs is 1. The fraction of sp³-hybridized carbons (Fsp3) is 0.200. The van der Waals surface area contributed by atoms with Crippen molar-refractivity contribution in [2.75, 3.05) is 0 Å². The molecule has 0 unspecified atom stereocenters. The summed E-state index contributed by atoms with van der Waals surface area (Å²) in [7, 11) is 0. The molecule has 0 saturated carbocycles. The van der Waals surface area contributed by atoms with Gasteiger partial charge in [-0.25, -0.2) is 4.79 Å². The maximum atomic E-state index is 11.8. The van der Waals surface area contributed by atoms with Gasteiger partial charge in [0.2, 0.25) is 0 Å². The Hall–Kier alpha value is -2.48. The van der Waals surface area contributed by atoms with Crippen molar-refractivity contribution in [2.45, 2.75) is 20.4 Å². The van der Waals surface area contributed by atoms with Gasteiger partial charge in [-0.15, -0.1) is 0 Å². The van der Waals surface area contributed by atoms with E-state index in [0.717, 1.165) is 9.86 Å². The molecule has 3 aromatic rings. The number of hydrogen-bond donors (Lipinski definition) is 0. The predicted octanol–water partition coefficient (Wildman–Crippen LogP) is 3.33. The van der Waals surface area contributed by atoms with Gasteiger partial charge in [-0.1, -0.05) is 15.9 Å². The number of rotatable bonds is 3. The molecule has 0 saturated heterocycles. The zero-order valence-electron chi connectivity index (χ0n) is 12.4. The normalized spacial score (nSPS) is 11.1. The molecule has 2 heterocycles. The highest BCUT2D eigenvalue weighted by atomic mass is 79.9. The van der Waals surface area contributed by atoms with Crippen molar-refractivity contribution in [3.8, 4) is 0 Å². The molecule has 7 nitrogen and oxygen atoms in total. The van der Waals surface area contributed by atoms with Crippen LogP contribution in [0.2, 0.25) is 0 Å². The number of halogens is 1. The van der Waals surface area contributed by atoms with Crippen molar-refractivity contribution >= 4 is 32.6 Å². The van der Waals surface area contributed by atoms with E-state index in [1.807, 2.05) is 12.1 Å². The first-order valence-corrected chi connectivity index (χ1v) is 7.57. The minimum absolute atomic E-state index is 0.0000144. The number of nitrogens with zero attached hydrogens (tertiary/aromatic N) is 3. The fourth-order valence-corrected chi connectivity index (χ4v) is 2.94. The second-order valence-corrected chi connectivity index (χ2v) is 6.08. The monoisotopic (exact) mass is 377 g/mol. The van der Waals surface area contributed by atoms with Gasteiger partial charge < -0.3 is 4.42 Å².